The molecule has 0 radical (unpaired) electrons. The van der Waals surface area contributed by atoms with Crippen LogP contribution in [-0.2, 0) is 0 Å². The van der Waals surface area contributed by atoms with Crippen LogP contribution in [0.4, 0.5) is 5.82 Å². The third-order valence-corrected chi connectivity index (χ3v) is 3.73. The Morgan fingerprint density at radius 1 is 0.958 bits per heavy atom. The second-order valence-corrected chi connectivity index (χ2v) is 5.88. The molecule has 1 heterocycles. The average molecular weight is 444 g/mol. The number of carbonyl (C=O) groups is 3. The Hall–Kier alpha value is -2.89. The fourth-order valence-corrected chi connectivity index (χ4v) is 2.86. The minimum Gasteiger partial charge on any atom is -0.478 e. The van der Waals surface area contributed by atoms with E-state index in [9.17, 15) is 29.4 Å². The van der Waals surface area contributed by atoms with Gasteiger partial charge in [0.2, 0.25) is 0 Å². The summed E-state index contributed by atoms with van der Waals surface area (Å²) in [5, 5.41) is 27.7. The van der Waals surface area contributed by atoms with Crippen LogP contribution < -0.4 is 11.3 Å². The Morgan fingerprint density at radius 2 is 1.54 bits per heavy atom. The summed E-state index contributed by atoms with van der Waals surface area (Å²) in [4.78, 5) is 48.0. The van der Waals surface area contributed by atoms with Gasteiger partial charge in [-0.05, 0) is 46.4 Å². The van der Waals surface area contributed by atoms with Gasteiger partial charge in [-0.15, -0.1) is 0 Å². The number of aromatic amines is 1. The molecule has 1 aromatic heterocycles. The Morgan fingerprint density at radius 3 is 2.04 bits per heavy atom. The van der Waals surface area contributed by atoms with E-state index in [0.717, 1.165) is 6.07 Å². The number of aromatic carboxylic acids is 3. The smallest absolute Gasteiger partial charge is 0.342 e. The van der Waals surface area contributed by atoms with E-state index < -0.39 is 46.0 Å². The molecule has 0 aliphatic rings. The molecule has 2 aromatic rings. The zero-order valence-electron chi connectivity index (χ0n) is 11.7. The largest absolute Gasteiger partial charge is 0.478 e. The summed E-state index contributed by atoms with van der Waals surface area (Å²) in [5.74, 6) is -5.04. The number of hydrogen-bond donors (Lipinski definition) is 5. The summed E-state index contributed by atoms with van der Waals surface area (Å²) in [6.45, 7) is 0. The van der Waals surface area contributed by atoms with Gasteiger partial charge in [0.1, 0.15) is 16.9 Å². The third kappa shape index (κ3) is 3.08. The highest BCUT2D eigenvalue weighted by molar-refractivity contribution is 14.1. The van der Waals surface area contributed by atoms with Crippen LogP contribution in [0.5, 0.6) is 0 Å². The second-order valence-electron chi connectivity index (χ2n) is 4.64. The molecule has 9 nitrogen and oxygen atoms in total. The summed E-state index contributed by atoms with van der Waals surface area (Å²) in [5.41, 5.74) is 2.29. The predicted octanol–water partition coefficient (Wildman–Crippen LogP) is 1.32. The van der Waals surface area contributed by atoms with E-state index >= 15 is 0 Å². The first-order chi connectivity index (χ1) is 11.1. The Labute approximate surface area is 146 Å². The maximum Gasteiger partial charge on any atom is 0.342 e. The molecule has 0 aliphatic heterocycles. The number of nitrogens with one attached hydrogen (secondary N) is 1. The molecule has 10 heteroatoms. The minimum absolute atomic E-state index is 0.0492. The summed E-state index contributed by atoms with van der Waals surface area (Å²) in [7, 11) is 0. The first-order valence-electron chi connectivity index (χ1n) is 6.20. The normalized spacial score (nSPS) is 10.4. The van der Waals surface area contributed by atoms with E-state index in [2.05, 4.69) is 0 Å². The lowest BCUT2D eigenvalue weighted by Crippen LogP contribution is -2.24. The number of aromatic nitrogens is 1. The van der Waals surface area contributed by atoms with Gasteiger partial charge in [-0.1, -0.05) is 0 Å². The molecule has 0 fully saturated rings. The number of carboxylic acids is 3. The van der Waals surface area contributed by atoms with Gasteiger partial charge in [0.05, 0.1) is 5.56 Å². The van der Waals surface area contributed by atoms with Gasteiger partial charge in [0, 0.05) is 9.13 Å². The van der Waals surface area contributed by atoms with Crippen molar-refractivity contribution in [3.8, 4) is 11.1 Å². The van der Waals surface area contributed by atoms with E-state index in [1.54, 1.807) is 22.6 Å². The summed E-state index contributed by atoms with van der Waals surface area (Å²) in [6, 6.07) is 3.75. The topological polar surface area (TPSA) is 171 Å². The maximum absolute atomic E-state index is 11.9. The fourth-order valence-electron chi connectivity index (χ4n) is 2.19. The van der Waals surface area contributed by atoms with E-state index in [1.807, 2.05) is 4.98 Å². The molecular weight excluding hydrogens is 435 g/mol. The summed E-state index contributed by atoms with van der Waals surface area (Å²) < 4.78 is 0.411. The third-order valence-electron chi connectivity index (χ3n) is 3.11. The number of hydrogen-bond acceptors (Lipinski definition) is 5. The van der Waals surface area contributed by atoms with Crippen LogP contribution in [0, 0.1) is 3.57 Å². The number of anilines is 1. The van der Waals surface area contributed by atoms with E-state index in [4.69, 9.17) is 10.8 Å². The molecule has 24 heavy (non-hydrogen) atoms. The van der Waals surface area contributed by atoms with E-state index in [1.165, 1.54) is 12.1 Å². The highest BCUT2D eigenvalue weighted by Gasteiger charge is 2.27. The standard InChI is InChI=1S/C14H9IN2O7/c15-6-2-4(1-5(3-6)12(19)20)7-8(13(21)22)10(16)17-11(18)9(7)14(23)24/h1-3H,(H,19,20)(H,21,22)(H,23,24)(H3,16,17,18). The lowest BCUT2D eigenvalue weighted by molar-refractivity contribution is 0.0683. The van der Waals surface area contributed by atoms with Crippen molar-refractivity contribution < 1.29 is 29.7 Å². The fraction of sp³-hybridized carbons (Fsp3) is 0. The van der Waals surface area contributed by atoms with Crippen molar-refractivity contribution in [3.05, 3.63) is 48.8 Å². The molecule has 0 aliphatic carbocycles. The number of benzene rings is 1. The molecule has 2 rings (SSSR count). The Balaban J connectivity index is 3.02. The highest BCUT2D eigenvalue weighted by atomic mass is 127. The number of halogens is 1. The van der Waals surface area contributed by atoms with E-state index in [0.29, 0.717) is 3.57 Å². The van der Waals surface area contributed by atoms with Gasteiger partial charge in [-0.25, -0.2) is 14.4 Å². The molecule has 0 saturated heterocycles. The van der Waals surface area contributed by atoms with Gasteiger partial charge >= 0.3 is 17.9 Å². The second kappa shape index (κ2) is 6.31. The molecule has 1 aromatic carbocycles. The first-order valence-corrected chi connectivity index (χ1v) is 7.28. The maximum atomic E-state index is 11.9. The highest BCUT2D eigenvalue weighted by Crippen LogP contribution is 2.31. The van der Waals surface area contributed by atoms with Crippen LogP contribution in [0.3, 0.4) is 0 Å². The molecule has 0 saturated carbocycles. The number of pyridine rings is 1. The quantitative estimate of drug-likeness (QED) is 0.440. The van der Waals surface area contributed by atoms with Crippen LogP contribution >= 0.6 is 22.6 Å². The van der Waals surface area contributed by atoms with Gasteiger partial charge < -0.3 is 26.0 Å². The van der Waals surface area contributed by atoms with Gasteiger partial charge in [0.15, 0.2) is 0 Å². The van der Waals surface area contributed by atoms with Crippen LogP contribution in [0.15, 0.2) is 23.0 Å². The SMILES string of the molecule is Nc1[nH]c(=O)c(C(=O)O)c(-c2cc(I)cc(C(=O)O)c2)c1C(=O)O. The zero-order valence-corrected chi connectivity index (χ0v) is 13.8. The van der Waals surface area contributed by atoms with Crippen molar-refractivity contribution in [2.45, 2.75) is 0 Å². The summed E-state index contributed by atoms with van der Waals surface area (Å²) in [6.07, 6.45) is 0. The van der Waals surface area contributed by atoms with Crippen LogP contribution in [0.2, 0.25) is 0 Å². The number of nitrogen functional groups attached to an aromatic ring is 1. The molecule has 0 atom stereocenters. The lowest BCUT2D eigenvalue weighted by atomic mass is 9.94. The lowest BCUT2D eigenvalue weighted by Gasteiger charge is -2.13. The molecule has 0 bridgehead atoms. The van der Waals surface area contributed by atoms with Crippen molar-refractivity contribution in [1.82, 2.24) is 4.98 Å². The van der Waals surface area contributed by atoms with Gasteiger partial charge in [-0.3, -0.25) is 4.79 Å². The molecule has 0 spiro atoms. The van der Waals surface area contributed by atoms with Gasteiger partial charge in [-0.2, -0.15) is 0 Å². The predicted molar refractivity (Wildman–Crippen MR) is 90.5 cm³/mol. The molecule has 6 N–H and O–H groups in total. The Bertz CT molecular complexity index is 949. The van der Waals surface area contributed by atoms with Crippen molar-refractivity contribution in [2.75, 3.05) is 5.73 Å². The monoisotopic (exact) mass is 444 g/mol. The van der Waals surface area contributed by atoms with Crippen LogP contribution in [0.25, 0.3) is 11.1 Å². The molecule has 0 amide bonds. The first kappa shape index (κ1) is 17.5. The zero-order chi connectivity index (χ0) is 18.2. The Kier molecular flexibility index (Phi) is 4.59. The van der Waals surface area contributed by atoms with Gasteiger partial charge in [0.25, 0.3) is 5.56 Å². The average Bonchev–Trinajstić information content (AvgIpc) is 2.44. The van der Waals surface area contributed by atoms with Crippen molar-refractivity contribution in [3.63, 3.8) is 0 Å². The summed E-state index contributed by atoms with van der Waals surface area (Å²) >= 11 is 1.79. The molecule has 0 unspecified atom stereocenters. The minimum atomic E-state index is -1.66. The van der Waals surface area contributed by atoms with E-state index in [-0.39, 0.29) is 11.1 Å². The molecule has 124 valence electrons. The van der Waals surface area contributed by atoms with Crippen LogP contribution in [0.1, 0.15) is 31.1 Å². The van der Waals surface area contributed by atoms with Crippen molar-refractivity contribution in [1.29, 1.82) is 0 Å². The number of rotatable bonds is 4. The van der Waals surface area contributed by atoms with Crippen molar-refractivity contribution >= 4 is 46.3 Å². The number of H-pyrrole nitrogens is 1. The number of nitrogens with two attached hydrogens (primary N) is 1. The number of carboxylic acid groups (broad SMARTS) is 3. The molecular formula is C14H9IN2O7. The van der Waals surface area contributed by atoms with Crippen LogP contribution in [-0.4, -0.2) is 38.2 Å². The van der Waals surface area contributed by atoms with Crippen molar-refractivity contribution in [2.24, 2.45) is 0 Å².